The van der Waals surface area contributed by atoms with Crippen molar-refractivity contribution in [3.05, 3.63) is 94.0 Å². The Bertz CT molecular complexity index is 956. The minimum Gasteiger partial charge on any atom is -0.489 e. The number of hydrogen-bond acceptors (Lipinski definition) is 4. The van der Waals surface area contributed by atoms with E-state index < -0.39 is 6.10 Å². The summed E-state index contributed by atoms with van der Waals surface area (Å²) in [5.74, 6) is 1.29. The molecule has 164 valence electrons. The number of benzene rings is 3. The molecule has 1 unspecified atom stereocenters. The molecule has 4 nitrogen and oxygen atoms in total. The standard InChI is InChI=1S/C26H30BrNO3/c1-26(2,3)28-16-23(29)22-14-21(30-17-19-10-6-4-7-11-19)15-24(25(22)27)31-18-20-12-8-5-9-13-20/h4-15,23,28-29H,16-18H2,1-3H3. The van der Waals surface area contributed by atoms with Gasteiger partial charge in [0.2, 0.25) is 0 Å². The molecule has 0 aliphatic carbocycles. The lowest BCUT2D eigenvalue weighted by atomic mass is 10.1. The summed E-state index contributed by atoms with van der Waals surface area (Å²) in [6.07, 6.45) is -0.715. The van der Waals surface area contributed by atoms with Gasteiger partial charge in [0.25, 0.3) is 0 Å². The van der Waals surface area contributed by atoms with Gasteiger partial charge in [-0.3, -0.25) is 0 Å². The first kappa shape index (κ1) is 23.3. The fraction of sp³-hybridized carbons (Fsp3) is 0.308. The van der Waals surface area contributed by atoms with E-state index in [0.717, 1.165) is 21.2 Å². The molecule has 0 saturated carbocycles. The number of β-amino-alcohol motifs (C(OH)–C–C–N with tert-alkyl or cyclic N) is 1. The molecule has 0 aliphatic heterocycles. The summed E-state index contributed by atoms with van der Waals surface area (Å²) in [6, 6.07) is 23.7. The fourth-order valence-electron chi connectivity index (χ4n) is 3.01. The normalized spacial score (nSPS) is 12.4. The quantitative estimate of drug-likeness (QED) is 0.390. The Morgan fingerprint density at radius 1 is 0.871 bits per heavy atom. The average Bonchev–Trinajstić information content (AvgIpc) is 2.76. The van der Waals surface area contributed by atoms with Crippen LogP contribution < -0.4 is 14.8 Å². The molecule has 1 atom stereocenters. The van der Waals surface area contributed by atoms with E-state index in [0.29, 0.717) is 31.3 Å². The number of hydrogen-bond donors (Lipinski definition) is 2. The lowest BCUT2D eigenvalue weighted by Gasteiger charge is -2.24. The highest BCUT2D eigenvalue weighted by Crippen LogP contribution is 2.37. The summed E-state index contributed by atoms with van der Waals surface area (Å²) in [5, 5.41) is 14.2. The molecule has 31 heavy (non-hydrogen) atoms. The molecule has 3 aromatic carbocycles. The third-order valence-corrected chi connectivity index (χ3v) is 5.56. The van der Waals surface area contributed by atoms with Crippen molar-refractivity contribution >= 4 is 15.9 Å². The van der Waals surface area contributed by atoms with Crippen LogP contribution in [0, 0.1) is 0 Å². The molecule has 0 saturated heterocycles. The Balaban J connectivity index is 1.82. The highest BCUT2D eigenvalue weighted by Gasteiger charge is 2.20. The predicted octanol–water partition coefficient (Wildman–Crippen LogP) is 6.03. The third kappa shape index (κ3) is 7.39. The van der Waals surface area contributed by atoms with Crippen molar-refractivity contribution in [3.8, 4) is 11.5 Å². The van der Waals surface area contributed by atoms with Gasteiger partial charge in [0, 0.05) is 23.7 Å². The zero-order valence-electron chi connectivity index (χ0n) is 18.3. The van der Waals surface area contributed by atoms with Crippen molar-refractivity contribution in [1.29, 1.82) is 0 Å². The van der Waals surface area contributed by atoms with Crippen molar-refractivity contribution in [2.24, 2.45) is 0 Å². The van der Waals surface area contributed by atoms with Gasteiger partial charge in [0.15, 0.2) is 0 Å². The van der Waals surface area contributed by atoms with Gasteiger partial charge in [-0.2, -0.15) is 0 Å². The molecule has 0 heterocycles. The van der Waals surface area contributed by atoms with Gasteiger partial charge in [-0.05, 0) is 53.9 Å². The Morgan fingerprint density at radius 3 is 1.97 bits per heavy atom. The monoisotopic (exact) mass is 483 g/mol. The third-order valence-electron chi connectivity index (χ3n) is 4.71. The van der Waals surface area contributed by atoms with Crippen molar-refractivity contribution in [3.63, 3.8) is 0 Å². The van der Waals surface area contributed by atoms with Crippen LogP contribution in [0.15, 0.2) is 77.3 Å². The van der Waals surface area contributed by atoms with Crippen LogP contribution in [0.3, 0.4) is 0 Å². The Labute approximate surface area is 193 Å². The average molecular weight is 484 g/mol. The molecule has 5 heteroatoms. The molecule has 3 aromatic rings. The molecule has 0 spiro atoms. The second-order valence-corrected chi connectivity index (χ2v) is 9.31. The van der Waals surface area contributed by atoms with Crippen molar-refractivity contribution in [2.45, 2.75) is 45.6 Å². The molecular formula is C26H30BrNO3. The zero-order chi connectivity index (χ0) is 22.3. The summed E-state index contributed by atoms with van der Waals surface area (Å²) in [5.41, 5.74) is 2.78. The van der Waals surface area contributed by atoms with Crippen LogP contribution in [0.1, 0.15) is 43.6 Å². The van der Waals surface area contributed by atoms with Crippen LogP contribution in [0.4, 0.5) is 0 Å². The van der Waals surface area contributed by atoms with Gasteiger partial charge in [0.05, 0.1) is 10.6 Å². The topological polar surface area (TPSA) is 50.7 Å². The van der Waals surface area contributed by atoms with E-state index in [-0.39, 0.29) is 5.54 Å². The predicted molar refractivity (Wildman–Crippen MR) is 128 cm³/mol. The van der Waals surface area contributed by atoms with E-state index >= 15 is 0 Å². The van der Waals surface area contributed by atoms with Crippen LogP contribution >= 0.6 is 15.9 Å². The van der Waals surface area contributed by atoms with Crippen molar-refractivity contribution in [2.75, 3.05) is 6.54 Å². The SMILES string of the molecule is CC(C)(C)NCC(O)c1cc(OCc2ccccc2)cc(OCc2ccccc2)c1Br. The van der Waals surface area contributed by atoms with Crippen LogP contribution in [-0.4, -0.2) is 17.2 Å². The molecule has 0 aromatic heterocycles. The summed E-state index contributed by atoms with van der Waals surface area (Å²) in [4.78, 5) is 0. The molecule has 0 radical (unpaired) electrons. The van der Waals surface area contributed by atoms with Crippen LogP contribution in [0.2, 0.25) is 0 Å². The number of nitrogens with one attached hydrogen (secondary N) is 1. The van der Waals surface area contributed by atoms with Gasteiger partial charge in [-0.15, -0.1) is 0 Å². The minimum atomic E-state index is -0.715. The fourth-order valence-corrected chi connectivity index (χ4v) is 3.62. The number of halogens is 1. The van der Waals surface area contributed by atoms with E-state index in [4.69, 9.17) is 9.47 Å². The van der Waals surface area contributed by atoms with Crippen LogP contribution in [0.5, 0.6) is 11.5 Å². The molecule has 0 amide bonds. The lowest BCUT2D eigenvalue weighted by Crippen LogP contribution is -2.38. The van der Waals surface area contributed by atoms with Crippen molar-refractivity contribution in [1.82, 2.24) is 5.32 Å². The number of aliphatic hydroxyl groups is 1. The van der Waals surface area contributed by atoms with Gasteiger partial charge in [-0.1, -0.05) is 60.7 Å². The first-order valence-corrected chi connectivity index (χ1v) is 11.2. The summed E-state index contributed by atoms with van der Waals surface area (Å²) >= 11 is 3.64. The van der Waals surface area contributed by atoms with Crippen LogP contribution in [0.25, 0.3) is 0 Å². The molecule has 2 N–H and O–H groups in total. The van der Waals surface area contributed by atoms with Crippen molar-refractivity contribution < 1.29 is 14.6 Å². The van der Waals surface area contributed by atoms with E-state index in [9.17, 15) is 5.11 Å². The summed E-state index contributed by atoms with van der Waals surface area (Å²) in [7, 11) is 0. The first-order valence-electron chi connectivity index (χ1n) is 10.4. The minimum absolute atomic E-state index is 0.0957. The smallest absolute Gasteiger partial charge is 0.138 e. The highest BCUT2D eigenvalue weighted by atomic mass is 79.9. The maximum Gasteiger partial charge on any atom is 0.138 e. The van der Waals surface area contributed by atoms with Gasteiger partial charge in [-0.25, -0.2) is 0 Å². The van der Waals surface area contributed by atoms with E-state index in [1.807, 2.05) is 72.8 Å². The van der Waals surface area contributed by atoms with Crippen LogP contribution in [-0.2, 0) is 13.2 Å². The first-order chi connectivity index (χ1) is 14.8. The number of rotatable bonds is 9. The Kier molecular flexibility index (Phi) is 8.13. The second kappa shape index (κ2) is 10.8. The van der Waals surface area contributed by atoms with Gasteiger partial charge in [0.1, 0.15) is 24.7 Å². The van der Waals surface area contributed by atoms with E-state index in [1.165, 1.54) is 0 Å². The Morgan fingerprint density at radius 2 is 1.42 bits per heavy atom. The molecular weight excluding hydrogens is 454 g/mol. The number of aliphatic hydroxyl groups excluding tert-OH is 1. The molecule has 0 fully saturated rings. The summed E-state index contributed by atoms with van der Waals surface area (Å²) < 4.78 is 12.9. The van der Waals surface area contributed by atoms with Gasteiger partial charge < -0.3 is 19.9 Å². The van der Waals surface area contributed by atoms with E-state index in [2.05, 4.69) is 42.0 Å². The maximum absolute atomic E-state index is 10.9. The van der Waals surface area contributed by atoms with E-state index in [1.54, 1.807) is 0 Å². The number of ether oxygens (including phenoxy) is 2. The second-order valence-electron chi connectivity index (χ2n) is 8.52. The summed E-state index contributed by atoms with van der Waals surface area (Å²) in [6.45, 7) is 7.50. The molecule has 0 bridgehead atoms. The lowest BCUT2D eigenvalue weighted by molar-refractivity contribution is 0.161. The molecule has 3 rings (SSSR count). The highest BCUT2D eigenvalue weighted by molar-refractivity contribution is 9.10. The van der Waals surface area contributed by atoms with Gasteiger partial charge >= 0.3 is 0 Å². The Hall–Kier alpha value is -2.34. The maximum atomic E-state index is 10.9. The largest absolute Gasteiger partial charge is 0.489 e. The molecule has 0 aliphatic rings. The zero-order valence-corrected chi connectivity index (χ0v) is 19.9.